The summed E-state index contributed by atoms with van der Waals surface area (Å²) in [4.78, 5) is 24.8. The van der Waals surface area contributed by atoms with Crippen molar-refractivity contribution >= 4 is 22.6 Å². The molecule has 0 atom stereocenters. The Balaban J connectivity index is 1.45. The maximum atomic E-state index is 12.5. The lowest BCUT2D eigenvalue weighted by molar-refractivity contribution is -0.118. The molecule has 0 aliphatic rings. The Kier molecular flexibility index (Phi) is 5.94. The summed E-state index contributed by atoms with van der Waals surface area (Å²) in [5.41, 5.74) is 3.80. The van der Waals surface area contributed by atoms with Crippen LogP contribution in [0.1, 0.15) is 11.1 Å². The maximum Gasteiger partial charge on any atom is 0.262 e. The molecule has 6 nitrogen and oxygen atoms in total. The van der Waals surface area contributed by atoms with Crippen molar-refractivity contribution in [1.29, 1.82) is 0 Å². The van der Waals surface area contributed by atoms with E-state index in [1.54, 1.807) is 49.6 Å². The van der Waals surface area contributed by atoms with Crippen LogP contribution in [0.2, 0.25) is 0 Å². The summed E-state index contributed by atoms with van der Waals surface area (Å²) in [6.07, 6.45) is 0. The van der Waals surface area contributed by atoms with Gasteiger partial charge >= 0.3 is 0 Å². The average Bonchev–Trinajstić information content (AvgIpc) is 2.80. The van der Waals surface area contributed by atoms with Gasteiger partial charge in [-0.15, -0.1) is 0 Å². The molecule has 4 aromatic rings. The topological polar surface area (TPSA) is 77.8 Å². The second-order valence-corrected chi connectivity index (χ2v) is 7.45. The monoisotopic (exact) mass is 429 g/mol. The smallest absolute Gasteiger partial charge is 0.262 e. The first-order chi connectivity index (χ1) is 15.4. The lowest BCUT2D eigenvalue weighted by atomic mass is 10.1. The predicted octanol–water partition coefficient (Wildman–Crippen LogP) is 5.10. The zero-order valence-corrected chi connectivity index (χ0v) is 18.1. The summed E-state index contributed by atoms with van der Waals surface area (Å²) in [6, 6.07) is 19.4. The van der Waals surface area contributed by atoms with Crippen LogP contribution in [0.3, 0.4) is 0 Å². The molecule has 162 valence electrons. The average molecular weight is 429 g/mol. The summed E-state index contributed by atoms with van der Waals surface area (Å²) in [5.74, 6) is 1.48. The van der Waals surface area contributed by atoms with Crippen molar-refractivity contribution in [2.75, 3.05) is 19.0 Å². The van der Waals surface area contributed by atoms with E-state index < -0.39 is 0 Å². The fourth-order valence-electron chi connectivity index (χ4n) is 3.34. The fraction of sp³-hybridized carbons (Fsp3) is 0.154. The number of fused-ring (bicyclic) bond motifs is 1. The molecule has 6 heteroatoms. The predicted molar refractivity (Wildman–Crippen MR) is 125 cm³/mol. The van der Waals surface area contributed by atoms with Crippen LogP contribution in [-0.4, -0.2) is 19.6 Å². The number of hydrogen-bond acceptors (Lipinski definition) is 5. The zero-order valence-electron chi connectivity index (χ0n) is 18.1. The van der Waals surface area contributed by atoms with Gasteiger partial charge in [-0.05, 0) is 73.5 Å². The molecule has 4 rings (SSSR count). The number of aryl methyl sites for hydroxylation is 1. The SMILES string of the molecule is COc1ccc2oc(-c3ccc(NC(=O)COc4cccc(C)c4C)cc3)cc(=O)c2c1. The molecule has 32 heavy (non-hydrogen) atoms. The fourth-order valence-corrected chi connectivity index (χ4v) is 3.34. The van der Waals surface area contributed by atoms with Crippen LogP contribution < -0.4 is 20.2 Å². The normalized spacial score (nSPS) is 10.7. The van der Waals surface area contributed by atoms with E-state index in [9.17, 15) is 9.59 Å². The molecular weight excluding hydrogens is 406 g/mol. The summed E-state index contributed by atoms with van der Waals surface area (Å²) in [6.45, 7) is 3.87. The highest BCUT2D eigenvalue weighted by atomic mass is 16.5. The summed E-state index contributed by atoms with van der Waals surface area (Å²) in [7, 11) is 1.55. The van der Waals surface area contributed by atoms with Crippen molar-refractivity contribution in [2.24, 2.45) is 0 Å². The van der Waals surface area contributed by atoms with Crippen molar-refractivity contribution in [3.05, 3.63) is 88.1 Å². The van der Waals surface area contributed by atoms with E-state index in [1.807, 2.05) is 32.0 Å². The Bertz CT molecular complexity index is 1340. The molecule has 0 unspecified atom stereocenters. The van der Waals surface area contributed by atoms with E-state index in [0.29, 0.717) is 33.9 Å². The summed E-state index contributed by atoms with van der Waals surface area (Å²) < 4.78 is 16.7. The Morgan fingerprint density at radius 2 is 1.78 bits per heavy atom. The zero-order chi connectivity index (χ0) is 22.7. The molecule has 0 fully saturated rings. The summed E-state index contributed by atoms with van der Waals surface area (Å²) in [5, 5.41) is 3.27. The largest absolute Gasteiger partial charge is 0.497 e. The molecule has 0 saturated carbocycles. The molecule has 1 amide bonds. The van der Waals surface area contributed by atoms with Crippen molar-refractivity contribution in [3.63, 3.8) is 0 Å². The first-order valence-electron chi connectivity index (χ1n) is 10.2. The van der Waals surface area contributed by atoms with Crippen LogP contribution in [0.4, 0.5) is 5.69 Å². The number of methoxy groups -OCH3 is 1. The number of carbonyl (C=O) groups is 1. The highest BCUT2D eigenvalue weighted by molar-refractivity contribution is 5.92. The molecule has 0 aliphatic carbocycles. The van der Waals surface area contributed by atoms with Gasteiger partial charge in [0.1, 0.15) is 22.8 Å². The van der Waals surface area contributed by atoms with Gasteiger partial charge in [-0.3, -0.25) is 9.59 Å². The van der Waals surface area contributed by atoms with Gasteiger partial charge in [-0.1, -0.05) is 12.1 Å². The minimum absolute atomic E-state index is 0.0882. The molecule has 1 N–H and O–H groups in total. The highest BCUT2D eigenvalue weighted by Gasteiger charge is 2.10. The van der Waals surface area contributed by atoms with Crippen LogP contribution in [-0.2, 0) is 4.79 Å². The second kappa shape index (κ2) is 8.98. The van der Waals surface area contributed by atoms with E-state index in [-0.39, 0.29) is 17.9 Å². The molecular formula is C26H23NO5. The van der Waals surface area contributed by atoms with Crippen molar-refractivity contribution in [1.82, 2.24) is 0 Å². The Labute approximate surface area is 185 Å². The number of hydrogen-bond donors (Lipinski definition) is 1. The molecule has 1 aromatic heterocycles. The van der Waals surface area contributed by atoms with Gasteiger partial charge in [-0.2, -0.15) is 0 Å². The van der Waals surface area contributed by atoms with Gasteiger partial charge in [0, 0.05) is 17.3 Å². The molecule has 0 bridgehead atoms. The molecule has 0 aliphatic heterocycles. The van der Waals surface area contributed by atoms with Gasteiger partial charge in [0.25, 0.3) is 5.91 Å². The van der Waals surface area contributed by atoms with Gasteiger partial charge in [-0.25, -0.2) is 0 Å². The maximum absolute atomic E-state index is 12.5. The van der Waals surface area contributed by atoms with E-state index >= 15 is 0 Å². The number of anilines is 1. The molecule has 0 saturated heterocycles. The number of nitrogens with one attached hydrogen (secondary N) is 1. The van der Waals surface area contributed by atoms with Crippen molar-refractivity contribution < 1.29 is 18.7 Å². The third kappa shape index (κ3) is 4.49. The van der Waals surface area contributed by atoms with Crippen LogP contribution in [0.25, 0.3) is 22.3 Å². The van der Waals surface area contributed by atoms with Crippen LogP contribution in [0.15, 0.2) is 75.9 Å². The number of amides is 1. The lowest BCUT2D eigenvalue weighted by Gasteiger charge is -2.11. The third-order valence-corrected chi connectivity index (χ3v) is 5.30. The Morgan fingerprint density at radius 1 is 1.00 bits per heavy atom. The van der Waals surface area contributed by atoms with Crippen LogP contribution >= 0.6 is 0 Å². The van der Waals surface area contributed by atoms with E-state index in [0.717, 1.165) is 16.7 Å². The first-order valence-corrected chi connectivity index (χ1v) is 10.2. The van der Waals surface area contributed by atoms with E-state index in [1.165, 1.54) is 6.07 Å². The quantitative estimate of drug-likeness (QED) is 0.461. The minimum atomic E-state index is -0.259. The Morgan fingerprint density at radius 3 is 2.53 bits per heavy atom. The number of carbonyl (C=O) groups excluding carboxylic acids is 1. The van der Waals surface area contributed by atoms with Gasteiger partial charge < -0.3 is 19.2 Å². The molecule has 1 heterocycles. The first kappa shape index (κ1) is 21.2. The molecule has 0 spiro atoms. The van der Waals surface area contributed by atoms with Gasteiger partial charge in [0.2, 0.25) is 0 Å². The van der Waals surface area contributed by atoms with Crippen molar-refractivity contribution in [3.8, 4) is 22.8 Å². The summed E-state index contributed by atoms with van der Waals surface area (Å²) >= 11 is 0. The number of rotatable bonds is 6. The van der Waals surface area contributed by atoms with Gasteiger partial charge in [0.15, 0.2) is 12.0 Å². The van der Waals surface area contributed by atoms with Crippen molar-refractivity contribution in [2.45, 2.75) is 13.8 Å². The van der Waals surface area contributed by atoms with Gasteiger partial charge in [0.05, 0.1) is 12.5 Å². The Hall–Kier alpha value is -4.06. The minimum Gasteiger partial charge on any atom is -0.497 e. The van der Waals surface area contributed by atoms with E-state index in [4.69, 9.17) is 13.9 Å². The van der Waals surface area contributed by atoms with Crippen LogP contribution in [0.5, 0.6) is 11.5 Å². The lowest BCUT2D eigenvalue weighted by Crippen LogP contribution is -2.20. The standard InChI is InChI=1S/C26H23NO5/c1-16-5-4-6-23(17(16)2)31-15-26(29)27-19-9-7-18(8-10-19)25-14-22(28)21-13-20(30-3)11-12-24(21)32-25/h4-14H,15H2,1-3H3,(H,27,29). The second-order valence-electron chi connectivity index (χ2n) is 7.45. The van der Waals surface area contributed by atoms with E-state index in [2.05, 4.69) is 5.32 Å². The van der Waals surface area contributed by atoms with Crippen LogP contribution in [0, 0.1) is 13.8 Å². The molecule has 0 radical (unpaired) electrons. The number of ether oxygens (including phenoxy) is 2. The molecule has 3 aromatic carbocycles. The number of benzene rings is 3. The highest BCUT2D eigenvalue weighted by Crippen LogP contribution is 2.26. The third-order valence-electron chi connectivity index (χ3n) is 5.30.